The Morgan fingerprint density at radius 1 is 0.897 bits per heavy atom. The Bertz CT molecular complexity index is 1130. The standard InChI is InChI=1S/C21H17BrN2O4S/c22-17-10-6-15(7-11-17)20(14-29(27,28)19-4-2-1-3-5-19)24-23-18-12-8-16(9-13-18)21(25)26/h1-13,23H,14H2,(H,25,26)/b24-20-. The van der Waals surface area contributed by atoms with Crippen molar-refractivity contribution in [1.82, 2.24) is 0 Å². The summed E-state index contributed by atoms with van der Waals surface area (Å²) in [4.78, 5) is 11.2. The number of carbonyl (C=O) groups is 1. The normalized spacial score (nSPS) is 11.8. The van der Waals surface area contributed by atoms with Crippen molar-refractivity contribution in [3.05, 3.63) is 94.5 Å². The predicted molar refractivity (Wildman–Crippen MR) is 116 cm³/mol. The summed E-state index contributed by atoms with van der Waals surface area (Å²) in [7, 11) is -3.60. The predicted octanol–water partition coefficient (Wildman–Crippen LogP) is 4.44. The number of carboxylic acids is 1. The Balaban J connectivity index is 1.91. The second kappa shape index (κ2) is 9.02. The molecule has 0 saturated heterocycles. The lowest BCUT2D eigenvalue weighted by atomic mass is 10.1. The molecular weight excluding hydrogens is 456 g/mol. The molecule has 0 atom stereocenters. The van der Waals surface area contributed by atoms with Crippen LogP contribution in [0.4, 0.5) is 5.69 Å². The summed E-state index contributed by atoms with van der Waals surface area (Å²) < 4.78 is 26.5. The third-order valence-corrected chi connectivity index (χ3v) is 6.23. The number of benzene rings is 3. The summed E-state index contributed by atoms with van der Waals surface area (Å²) >= 11 is 3.37. The average Bonchev–Trinajstić information content (AvgIpc) is 2.72. The van der Waals surface area contributed by atoms with E-state index in [0.717, 1.165) is 4.47 Å². The van der Waals surface area contributed by atoms with E-state index in [2.05, 4.69) is 26.5 Å². The van der Waals surface area contributed by atoms with Gasteiger partial charge in [-0.1, -0.05) is 46.3 Å². The third kappa shape index (κ3) is 5.52. The average molecular weight is 473 g/mol. The van der Waals surface area contributed by atoms with Crippen LogP contribution < -0.4 is 5.43 Å². The van der Waals surface area contributed by atoms with Gasteiger partial charge in [0.25, 0.3) is 0 Å². The molecule has 0 heterocycles. The molecule has 0 amide bonds. The van der Waals surface area contributed by atoms with Crippen molar-refractivity contribution in [2.24, 2.45) is 5.10 Å². The van der Waals surface area contributed by atoms with Crippen LogP contribution in [-0.2, 0) is 9.84 Å². The minimum absolute atomic E-state index is 0.152. The molecule has 2 N–H and O–H groups in total. The van der Waals surface area contributed by atoms with E-state index in [4.69, 9.17) is 5.11 Å². The first-order valence-electron chi connectivity index (χ1n) is 8.55. The molecular formula is C21H17BrN2O4S. The third-order valence-electron chi connectivity index (χ3n) is 4.06. The zero-order valence-corrected chi connectivity index (χ0v) is 17.5. The van der Waals surface area contributed by atoms with Gasteiger partial charge in [-0.3, -0.25) is 5.43 Å². The van der Waals surface area contributed by atoms with Gasteiger partial charge in [-0.15, -0.1) is 0 Å². The van der Waals surface area contributed by atoms with E-state index < -0.39 is 15.8 Å². The molecule has 29 heavy (non-hydrogen) atoms. The topological polar surface area (TPSA) is 95.8 Å². The van der Waals surface area contributed by atoms with E-state index in [1.54, 1.807) is 54.6 Å². The molecule has 3 aromatic rings. The van der Waals surface area contributed by atoms with E-state index in [9.17, 15) is 13.2 Å². The van der Waals surface area contributed by atoms with Gasteiger partial charge in [0, 0.05) is 4.47 Å². The van der Waals surface area contributed by atoms with Crippen LogP contribution in [0, 0.1) is 0 Å². The van der Waals surface area contributed by atoms with E-state index in [1.807, 2.05) is 12.1 Å². The molecule has 148 valence electrons. The number of hydrogen-bond acceptors (Lipinski definition) is 5. The lowest BCUT2D eigenvalue weighted by Gasteiger charge is -2.10. The Kier molecular flexibility index (Phi) is 6.46. The van der Waals surface area contributed by atoms with E-state index in [-0.39, 0.29) is 16.2 Å². The summed E-state index contributed by atoms with van der Waals surface area (Å²) in [6, 6.07) is 21.4. The van der Waals surface area contributed by atoms with Crippen LogP contribution in [0.15, 0.2) is 93.3 Å². The smallest absolute Gasteiger partial charge is 0.335 e. The monoisotopic (exact) mass is 472 g/mol. The van der Waals surface area contributed by atoms with Crippen molar-refractivity contribution in [2.75, 3.05) is 11.2 Å². The molecule has 0 saturated carbocycles. The Morgan fingerprint density at radius 3 is 2.07 bits per heavy atom. The zero-order chi connectivity index (χ0) is 20.9. The van der Waals surface area contributed by atoms with Crippen molar-refractivity contribution in [1.29, 1.82) is 0 Å². The molecule has 6 nitrogen and oxygen atoms in total. The van der Waals surface area contributed by atoms with Crippen LogP contribution in [0.2, 0.25) is 0 Å². The second-order valence-electron chi connectivity index (χ2n) is 6.13. The van der Waals surface area contributed by atoms with Crippen molar-refractivity contribution in [2.45, 2.75) is 4.90 Å². The number of hydrazone groups is 1. The Labute approximate surface area is 177 Å². The number of nitrogens with zero attached hydrogens (tertiary/aromatic N) is 1. The van der Waals surface area contributed by atoms with E-state index >= 15 is 0 Å². The molecule has 0 aliphatic rings. The second-order valence-corrected chi connectivity index (χ2v) is 9.04. The summed E-state index contributed by atoms with van der Waals surface area (Å²) in [6.07, 6.45) is 0. The maximum absolute atomic E-state index is 12.8. The van der Waals surface area contributed by atoms with Crippen molar-refractivity contribution in [3.8, 4) is 0 Å². The molecule has 0 unspecified atom stereocenters. The number of aromatic carboxylic acids is 1. The van der Waals surface area contributed by atoms with Gasteiger partial charge >= 0.3 is 5.97 Å². The van der Waals surface area contributed by atoms with Crippen LogP contribution in [0.1, 0.15) is 15.9 Å². The van der Waals surface area contributed by atoms with Gasteiger partial charge in [0.2, 0.25) is 0 Å². The summed E-state index contributed by atoms with van der Waals surface area (Å²) in [5, 5.41) is 13.3. The highest BCUT2D eigenvalue weighted by Gasteiger charge is 2.19. The molecule has 8 heteroatoms. The highest BCUT2D eigenvalue weighted by Crippen LogP contribution is 2.17. The number of rotatable bonds is 7. The van der Waals surface area contributed by atoms with Gasteiger partial charge in [-0.05, 0) is 54.1 Å². The maximum atomic E-state index is 12.8. The Hall–Kier alpha value is -2.97. The summed E-state index contributed by atoms with van der Waals surface area (Å²) in [5.74, 6) is -1.32. The van der Waals surface area contributed by atoms with Gasteiger partial charge < -0.3 is 5.11 Å². The molecule has 0 fully saturated rings. The number of hydrogen-bond donors (Lipinski definition) is 2. The maximum Gasteiger partial charge on any atom is 0.335 e. The van der Waals surface area contributed by atoms with E-state index in [1.165, 1.54) is 12.1 Å². The zero-order valence-electron chi connectivity index (χ0n) is 15.1. The van der Waals surface area contributed by atoms with Gasteiger partial charge in [0.15, 0.2) is 9.84 Å². The van der Waals surface area contributed by atoms with Crippen LogP contribution in [-0.4, -0.2) is 31.0 Å². The lowest BCUT2D eigenvalue weighted by molar-refractivity contribution is 0.0697. The molecule has 0 aliphatic heterocycles. The first-order chi connectivity index (χ1) is 13.8. The molecule has 0 radical (unpaired) electrons. The SMILES string of the molecule is O=C(O)c1ccc(N/N=C(/CS(=O)(=O)c2ccccc2)c2ccc(Br)cc2)cc1. The highest BCUT2D eigenvalue weighted by molar-refractivity contribution is 9.10. The summed E-state index contributed by atoms with van der Waals surface area (Å²) in [6.45, 7) is 0. The summed E-state index contributed by atoms with van der Waals surface area (Å²) in [5.41, 5.74) is 4.50. The van der Waals surface area contributed by atoms with Crippen LogP contribution in [0.3, 0.4) is 0 Å². The van der Waals surface area contributed by atoms with Crippen LogP contribution in [0.5, 0.6) is 0 Å². The Morgan fingerprint density at radius 2 is 1.48 bits per heavy atom. The number of halogens is 1. The van der Waals surface area contributed by atoms with Gasteiger partial charge in [0.1, 0.15) is 0 Å². The first kappa shape index (κ1) is 20.8. The quantitative estimate of drug-likeness (QED) is 0.391. The minimum Gasteiger partial charge on any atom is -0.478 e. The molecule has 0 aliphatic carbocycles. The first-order valence-corrected chi connectivity index (χ1v) is 11.0. The van der Waals surface area contributed by atoms with Crippen molar-refractivity contribution >= 4 is 43.1 Å². The molecule has 3 rings (SSSR count). The number of nitrogens with one attached hydrogen (secondary N) is 1. The fraction of sp³-hybridized carbons (Fsp3) is 0.0476. The van der Waals surface area contributed by atoms with Gasteiger partial charge in [-0.25, -0.2) is 13.2 Å². The number of anilines is 1. The number of sulfone groups is 1. The van der Waals surface area contributed by atoms with E-state index in [0.29, 0.717) is 17.0 Å². The lowest BCUT2D eigenvalue weighted by Crippen LogP contribution is -2.19. The van der Waals surface area contributed by atoms with Crippen LogP contribution in [0.25, 0.3) is 0 Å². The largest absolute Gasteiger partial charge is 0.478 e. The van der Waals surface area contributed by atoms with Crippen molar-refractivity contribution in [3.63, 3.8) is 0 Å². The fourth-order valence-corrected chi connectivity index (χ4v) is 4.13. The number of carboxylic acid groups (broad SMARTS) is 1. The van der Waals surface area contributed by atoms with Gasteiger partial charge in [-0.2, -0.15) is 5.10 Å². The molecule has 0 bridgehead atoms. The van der Waals surface area contributed by atoms with Gasteiger partial charge in [0.05, 0.1) is 27.6 Å². The minimum atomic E-state index is -3.60. The van der Waals surface area contributed by atoms with Crippen LogP contribution >= 0.6 is 15.9 Å². The van der Waals surface area contributed by atoms with Crippen molar-refractivity contribution < 1.29 is 18.3 Å². The molecule has 0 spiro atoms. The highest BCUT2D eigenvalue weighted by atomic mass is 79.9. The molecule has 3 aromatic carbocycles. The molecule has 0 aromatic heterocycles. The fourth-order valence-electron chi connectivity index (χ4n) is 2.53.